The molecule has 1 saturated heterocycles. The van der Waals surface area contributed by atoms with Gasteiger partial charge >= 0.3 is 0 Å². The van der Waals surface area contributed by atoms with E-state index in [1.165, 1.54) is 11.7 Å². The molecule has 0 aromatic carbocycles. The number of anilines is 1. The Morgan fingerprint density at radius 3 is 2.78 bits per heavy atom. The van der Waals surface area contributed by atoms with Gasteiger partial charge in [0.25, 0.3) is 0 Å². The summed E-state index contributed by atoms with van der Waals surface area (Å²) in [6, 6.07) is 2.00. The largest absolute Gasteiger partial charge is 0.361 e. The molecular formula is C11H15N5OS. The SMILES string of the molecule is Cc1cc(CN2CCN(c3cnsn3)CC2)no1. The fourth-order valence-corrected chi connectivity index (χ4v) is 2.59. The molecule has 0 aliphatic carbocycles. The van der Waals surface area contributed by atoms with Crippen molar-refractivity contribution in [2.24, 2.45) is 0 Å². The maximum Gasteiger partial charge on any atom is 0.162 e. The zero-order valence-corrected chi connectivity index (χ0v) is 11.1. The molecule has 2 aromatic rings. The first kappa shape index (κ1) is 11.6. The molecule has 0 spiro atoms. The van der Waals surface area contributed by atoms with Crippen LogP contribution in [0.15, 0.2) is 16.8 Å². The van der Waals surface area contributed by atoms with E-state index < -0.39 is 0 Å². The molecule has 3 rings (SSSR count). The summed E-state index contributed by atoms with van der Waals surface area (Å²) in [6.07, 6.45) is 1.83. The van der Waals surface area contributed by atoms with Crippen LogP contribution in [0.4, 0.5) is 5.82 Å². The van der Waals surface area contributed by atoms with E-state index in [1.54, 1.807) is 0 Å². The Kier molecular flexibility index (Phi) is 3.24. The lowest BCUT2D eigenvalue weighted by Gasteiger charge is -2.34. The van der Waals surface area contributed by atoms with Gasteiger partial charge < -0.3 is 9.42 Å². The van der Waals surface area contributed by atoms with Gasteiger partial charge in [-0.05, 0) is 6.92 Å². The van der Waals surface area contributed by atoms with Crippen molar-refractivity contribution >= 4 is 17.5 Å². The number of hydrogen-bond donors (Lipinski definition) is 0. The van der Waals surface area contributed by atoms with Gasteiger partial charge in [-0.2, -0.15) is 8.75 Å². The first-order chi connectivity index (χ1) is 8.81. The summed E-state index contributed by atoms with van der Waals surface area (Å²) in [5, 5.41) is 4.03. The Labute approximate surface area is 110 Å². The van der Waals surface area contributed by atoms with Crippen molar-refractivity contribution in [1.29, 1.82) is 0 Å². The van der Waals surface area contributed by atoms with Gasteiger partial charge in [0.05, 0.1) is 23.6 Å². The number of aromatic nitrogens is 3. The Balaban J connectivity index is 1.54. The Hall–Kier alpha value is -1.47. The Morgan fingerprint density at radius 1 is 1.33 bits per heavy atom. The van der Waals surface area contributed by atoms with Crippen molar-refractivity contribution in [3.8, 4) is 0 Å². The van der Waals surface area contributed by atoms with Gasteiger partial charge in [0.15, 0.2) is 5.82 Å². The average Bonchev–Trinajstić information content (AvgIpc) is 3.02. The lowest BCUT2D eigenvalue weighted by Crippen LogP contribution is -2.46. The second-order valence-corrected chi connectivity index (χ2v) is 5.01. The lowest BCUT2D eigenvalue weighted by molar-refractivity contribution is 0.241. The van der Waals surface area contributed by atoms with Crippen molar-refractivity contribution in [1.82, 2.24) is 18.8 Å². The van der Waals surface area contributed by atoms with E-state index in [0.717, 1.165) is 50.0 Å². The van der Waals surface area contributed by atoms with Crippen LogP contribution in [0.1, 0.15) is 11.5 Å². The van der Waals surface area contributed by atoms with Gasteiger partial charge in [-0.25, -0.2) is 0 Å². The lowest BCUT2D eigenvalue weighted by atomic mass is 10.3. The summed E-state index contributed by atoms with van der Waals surface area (Å²) >= 11 is 1.26. The molecule has 0 radical (unpaired) electrons. The monoisotopic (exact) mass is 265 g/mol. The minimum atomic E-state index is 0.862. The van der Waals surface area contributed by atoms with E-state index in [9.17, 15) is 0 Å². The molecule has 0 N–H and O–H groups in total. The zero-order valence-electron chi connectivity index (χ0n) is 10.2. The van der Waals surface area contributed by atoms with E-state index in [1.807, 2.05) is 19.2 Å². The van der Waals surface area contributed by atoms with Crippen molar-refractivity contribution in [3.05, 3.63) is 23.7 Å². The predicted molar refractivity (Wildman–Crippen MR) is 68.6 cm³/mol. The molecule has 1 aliphatic heterocycles. The number of aryl methyl sites for hydroxylation is 1. The van der Waals surface area contributed by atoms with Gasteiger partial charge in [-0.15, -0.1) is 0 Å². The molecule has 1 aliphatic rings. The molecule has 3 heterocycles. The minimum absolute atomic E-state index is 0.862. The van der Waals surface area contributed by atoms with Gasteiger partial charge in [-0.1, -0.05) is 5.16 Å². The van der Waals surface area contributed by atoms with E-state index in [2.05, 4.69) is 23.7 Å². The smallest absolute Gasteiger partial charge is 0.162 e. The molecule has 0 saturated carbocycles. The first-order valence-corrected chi connectivity index (χ1v) is 6.71. The first-order valence-electron chi connectivity index (χ1n) is 5.98. The highest BCUT2D eigenvalue weighted by atomic mass is 32.1. The Bertz CT molecular complexity index is 489. The molecule has 96 valence electrons. The third-order valence-electron chi connectivity index (χ3n) is 3.11. The van der Waals surface area contributed by atoms with Crippen molar-refractivity contribution < 1.29 is 4.52 Å². The van der Waals surface area contributed by atoms with E-state index in [0.29, 0.717) is 0 Å². The highest BCUT2D eigenvalue weighted by Gasteiger charge is 2.19. The summed E-state index contributed by atoms with van der Waals surface area (Å²) in [6.45, 7) is 6.79. The fraction of sp³-hybridized carbons (Fsp3) is 0.545. The molecule has 1 fully saturated rings. The van der Waals surface area contributed by atoms with Crippen LogP contribution >= 0.6 is 11.7 Å². The normalized spacial score (nSPS) is 17.3. The summed E-state index contributed by atoms with van der Waals surface area (Å²) in [7, 11) is 0. The van der Waals surface area contributed by atoms with Crippen LogP contribution < -0.4 is 4.90 Å². The highest BCUT2D eigenvalue weighted by Crippen LogP contribution is 2.15. The molecule has 6 nitrogen and oxygen atoms in total. The predicted octanol–water partition coefficient (Wildman–Crippen LogP) is 1.16. The van der Waals surface area contributed by atoms with Crippen LogP contribution in [0.25, 0.3) is 0 Å². The van der Waals surface area contributed by atoms with Crippen molar-refractivity contribution in [2.45, 2.75) is 13.5 Å². The summed E-state index contributed by atoms with van der Waals surface area (Å²) < 4.78 is 13.4. The molecule has 2 aromatic heterocycles. The summed E-state index contributed by atoms with van der Waals surface area (Å²) in [4.78, 5) is 4.65. The van der Waals surface area contributed by atoms with Gasteiger partial charge in [0, 0.05) is 38.8 Å². The molecule has 0 atom stereocenters. The maximum atomic E-state index is 5.08. The Morgan fingerprint density at radius 2 is 2.17 bits per heavy atom. The van der Waals surface area contributed by atoms with Crippen LogP contribution in [-0.2, 0) is 6.54 Å². The zero-order chi connectivity index (χ0) is 12.4. The van der Waals surface area contributed by atoms with Crippen molar-refractivity contribution in [2.75, 3.05) is 31.1 Å². The number of hydrogen-bond acceptors (Lipinski definition) is 7. The fourth-order valence-electron chi connectivity index (χ4n) is 2.16. The maximum absolute atomic E-state index is 5.08. The van der Waals surface area contributed by atoms with E-state index >= 15 is 0 Å². The minimum Gasteiger partial charge on any atom is -0.361 e. The average molecular weight is 265 g/mol. The standard InChI is InChI=1S/C11H15N5OS/c1-9-6-10(13-17-9)8-15-2-4-16(5-3-15)11-7-12-18-14-11/h6-7H,2-5,8H2,1H3. The quantitative estimate of drug-likeness (QED) is 0.830. The van der Waals surface area contributed by atoms with Crippen LogP contribution in [0.3, 0.4) is 0 Å². The molecule has 0 unspecified atom stereocenters. The molecule has 18 heavy (non-hydrogen) atoms. The molecule has 7 heteroatoms. The third kappa shape index (κ3) is 2.51. The van der Waals surface area contributed by atoms with Gasteiger partial charge in [-0.3, -0.25) is 4.90 Å². The third-order valence-corrected chi connectivity index (χ3v) is 3.58. The summed E-state index contributed by atoms with van der Waals surface area (Å²) in [5.74, 6) is 1.87. The summed E-state index contributed by atoms with van der Waals surface area (Å²) in [5.41, 5.74) is 1.01. The number of piperazine rings is 1. The van der Waals surface area contributed by atoms with E-state index in [-0.39, 0.29) is 0 Å². The molecule has 0 bridgehead atoms. The van der Waals surface area contributed by atoms with Gasteiger partial charge in [0.2, 0.25) is 0 Å². The second kappa shape index (κ2) is 5.03. The number of nitrogens with zero attached hydrogens (tertiary/aromatic N) is 5. The topological polar surface area (TPSA) is 58.3 Å². The van der Waals surface area contributed by atoms with Crippen LogP contribution in [-0.4, -0.2) is 45.0 Å². The van der Waals surface area contributed by atoms with Crippen LogP contribution in [0.2, 0.25) is 0 Å². The number of rotatable bonds is 3. The van der Waals surface area contributed by atoms with Crippen molar-refractivity contribution in [3.63, 3.8) is 0 Å². The molecular weight excluding hydrogens is 250 g/mol. The van der Waals surface area contributed by atoms with Crippen LogP contribution in [0.5, 0.6) is 0 Å². The molecule has 0 amide bonds. The van der Waals surface area contributed by atoms with E-state index in [4.69, 9.17) is 4.52 Å². The second-order valence-electron chi connectivity index (χ2n) is 4.46. The highest BCUT2D eigenvalue weighted by molar-refractivity contribution is 6.99. The van der Waals surface area contributed by atoms with Gasteiger partial charge in [0.1, 0.15) is 5.76 Å². The van der Waals surface area contributed by atoms with Crippen LogP contribution in [0, 0.1) is 6.92 Å².